The lowest BCUT2D eigenvalue weighted by atomic mass is 10.1. The van der Waals surface area contributed by atoms with Crippen LogP contribution in [0.3, 0.4) is 0 Å². The van der Waals surface area contributed by atoms with Crippen molar-refractivity contribution in [3.8, 4) is 17.2 Å². The molecule has 0 aliphatic carbocycles. The summed E-state index contributed by atoms with van der Waals surface area (Å²) in [5.74, 6) is 2.03. The maximum atomic E-state index is 13.2. The number of anilines is 1. The van der Waals surface area contributed by atoms with Gasteiger partial charge in [-0.1, -0.05) is 58.1 Å². The van der Waals surface area contributed by atoms with Crippen LogP contribution in [0.15, 0.2) is 82.3 Å². The van der Waals surface area contributed by atoms with Crippen LogP contribution in [0.1, 0.15) is 5.56 Å². The van der Waals surface area contributed by atoms with Crippen molar-refractivity contribution in [1.29, 1.82) is 0 Å². The summed E-state index contributed by atoms with van der Waals surface area (Å²) in [6.07, 6.45) is 3.97. The quantitative estimate of drug-likeness (QED) is 0.189. The molecule has 4 aromatic rings. The molecular formula is C27H19BrN2O4S2. The van der Waals surface area contributed by atoms with Crippen LogP contribution in [0.5, 0.6) is 17.2 Å². The Bertz CT molecular complexity index is 1530. The fourth-order valence-electron chi connectivity index (χ4n) is 4.23. The molecule has 0 unspecified atom stereocenters. The van der Waals surface area contributed by atoms with Gasteiger partial charge in [-0.15, -0.1) is 0 Å². The summed E-state index contributed by atoms with van der Waals surface area (Å²) in [6.45, 7) is 1.33. The molecule has 2 aliphatic rings. The zero-order chi connectivity index (χ0) is 24.6. The van der Waals surface area contributed by atoms with Crippen molar-refractivity contribution in [2.24, 2.45) is 0 Å². The lowest BCUT2D eigenvalue weighted by Gasteiger charge is -2.13. The maximum absolute atomic E-state index is 13.2. The van der Waals surface area contributed by atoms with Gasteiger partial charge in [-0.05, 0) is 48.5 Å². The molecule has 1 fully saturated rings. The lowest BCUT2D eigenvalue weighted by molar-refractivity contribution is -0.113. The number of nitrogens with zero attached hydrogens (tertiary/aromatic N) is 2. The van der Waals surface area contributed by atoms with E-state index in [9.17, 15) is 4.79 Å². The summed E-state index contributed by atoms with van der Waals surface area (Å²) in [6, 6.07) is 21.2. The van der Waals surface area contributed by atoms with Gasteiger partial charge in [0.2, 0.25) is 6.79 Å². The molecule has 1 amide bonds. The lowest BCUT2D eigenvalue weighted by Crippen LogP contribution is -2.27. The number of carbonyl (C=O) groups is 1. The monoisotopic (exact) mass is 578 g/mol. The second-order valence-electron chi connectivity index (χ2n) is 8.16. The Morgan fingerprint density at radius 3 is 2.75 bits per heavy atom. The van der Waals surface area contributed by atoms with Crippen LogP contribution in [0.25, 0.3) is 17.0 Å². The van der Waals surface area contributed by atoms with Crippen LogP contribution in [0.2, 0.25) is 0 Å². The first-order valence-electron chi connectivity index (χ1n) is 11.2. The predicted octanol–water partition coefficient (Wildman–Crippen LogP) is 6.62. The van der Waals surface area contributed by atoms with E-state index in [-0.39, 0.29) is 12.7 Å². The Labute approximate surface area is 225 Å². The van der Waals surface area contributed by atoms with Gasteiger partial charge in [-0.2, -0.15) is 0 Å². The van der Waals surface area contributed by atoms with Gasteiger partial charge in [-0.25, -0.2) is 0 Å². The van der Waals surface area contributed by atoms with Gasteiger partial charge in [0.1, 0.15) is 12.4 Å². The molecule has 1 aromatic heterocycles. The van der Waals surface area contributed by atoms with Gasteiger partial charge in [0, 0.05) is 33.2 Å². The minimum absolute atomic E-state index is 0.113. The van der Waals surface area contributed by atoms with E-state index in [4.69, 9.17) is 26.4 Å². The minimum Gasteiger partial charge on any atom is -0.492 e. The van der Waals surface area contributed by atoms with E-state index in [1.807, 2.05) is 60.7 Å². The van der Waals surface area contributed by atoms with Gasteiger partial charge in [0.15, 0.2) is 15.8 Å². The highest BCUT2D eigenvalue weighted by Gasteiger charge is 2.33. The van der Waals surface area contributed by atoms with Gasteiger partial charge in [0.05, 0.1) is 17.1 Å². The molecule has 0 bridgehead atoms. The van der Waals surface area contributed by atoms with E-state index >= 15 is 0 Å². The van der Waals surface area contributed by atoms with Gasteiger partial charge in [-0.3, -0.25) is 9.69 Å². The summed E-state index contributed by atoms with van der Waals surface area (Å²) in [5.41, 5.74) is 2.77. The number of rotatable bonds is 6. The largest absolute Gasteiger partial charge is 0.492 e. The first-order chi connectivity index (χ1) is 17.6. The number of thiocarbonyl (C=S) groups is 1. The number of thioether (sulfide) groups is 1. The molecule has 6 nitrogen and oxygen atoms in total. The number of aromatic nitrogens is 1. The van der Waals surface area contributed by atoms with Crippen molar-refractivity contribution in [3.63, 3.8) is 0 Å². The van der Waals surface area contributed by atoms with Crippen LogP contribution >= 0.6 is 39.9 Å². The molecule has 6 rings (SSSR count). The standard InChI is InChI=1S/C27H19BrN2O4S2/c28-18-6-8-22-21(13-18)17(12-25-26(31)30(27(35)36-25)19-4-2-1-3-5-19)15-29(22)10-11-32-20-7-9-23-24(14-20)34-16-33-23/h1-9,12-15H,10-11,16H2/b25-12-. The second-order valence-corrected chi connectivity index (χ2v) is 10.7. The van der Waals surface area contributed by atoms with Crippen molar-refractivity contribution in [3.05, 3.63) is 87.9 Å². The fourth-order valence-corrected chi connectivity index (χ4v) is 5.89. The number of fused-ring (bicyclic) bond motifs is 2. The molecule has 0 saturated carbocycles. The average Bonchev–Trinajstić information content (AvgIpc) is 3.56. The van der Waals surface area contributed by atoms with E-state index in [0.717, 1.165) is 38.1 Å². The number of amides is 1. The van der Waals surface area contributed by atoms with Crippen molar-refractivity contribution in [2.75, 3.05) is 18.3 Å². The Kier molecular flexibility index (Phi) is 6.20. The average molecular weight is 579 g/mol. The Morgan fingerprint density at radius 2 is 1.89 bits per heavy atom. The third kappa shape index (κ3) is 4.38. The summed E-state index contributed by atoms with van der Waals surface area (Å²) in [5, 5.41) is 1.04. The third-order valence-electron chi connectivity index (χ3n) is 5.91. The molecule has 9 heteroatoms. The Hall–Kier alpha value is -3.27. The number of hydrogen-bond acceptors (Lipinski definition) is 6. The zero-order valence-corrected chi connectivity index (χ0v) is 22.1. The molecule has 0 atom stereocenters. The Morgan fingerprint density at radius 1 is 1.06 bits per heavy atom. The van der Waals surface area contributed by atoms with E-state index in [1.54, 1.807) is 4.90 Å². The highest BCUT2D eigenvalue weighted by Crippen LogP contribution is 2.38. The first-order valence-corrected chi connectivity index (χ1v) is 13.2. The zero-order valence-electron chi connectivity index (χ0n) is 18.8. The van der Waals surface area contributed by atoms with E-state index in [1.165, 1.54) is 11.8 Å². The van der Waals surface area contributed by atoms with Crippen molar-refractivity contribution in [1.82, 2.24) is 4.57 Å². The van der Waals surface area contributed by atoms with Gasteiger partial charge >= 0.3 is 0 Å². The number of para-hydroxylation sites is 1. The van der Waals surface area contributed by atoms with Gasteiger partial charge in [0.25, 0.3) is 5.91 Å². The summed E-state index contributed by atoms with van der Waals surface area (Å²) in [7, 11) is 0. The molecule has 1 saturated heterocycles. The maximum Gasteiger partial charge on any atom is 0.270 e. The molecule has 2 aliphatic heterocycles. The van der Waals surface area contributed by atoms with Gasteiger partial charge < -0.3 is 18.8 Å². The summed E-state index contributed by atoms with van der Waals surface area (Å²) >= 11 is 10.4. The summed E-state index contributed by atoms with van der Waals surface area (Å²) in [4.78, 5) is 15.4. The van der Waals surface area contributed by atoms with Crippen molar-refractivity contribution >= 4 is 72.8 Å². The van der Waals surface area contributed by atoms with Crippen molar-refractivity contribution in [2.45, 2.75) is 6.54 Å². The van der Waals surface area contributed by atoms with E-state index < -0.39 is 0 Å². The SMILES string of the molecule is O=C1/C(=C/c2cn(CCOc3ccc4c(c3)OCO4)c3ccc(Br)cc23)SC(=S)N1c1ccccc1. The summed E-state index contributed by atoms with van der Waals surface area (Å²) < 4.78 is 20.4. The molecule has 36 heavy (non-hydrogen) atoms. The number of benzene rings is 3. The number of carbonyl (C=O) groups excluding carboxylic acids is 1. The predicted molar refractivity (Wildman–Crippen MR) is 150 cm³/mol. The molecule has 0 radical (unpaired) electrons. The smallest absolute Gasteiger partial charge is 0.270 e. The molecule has 180 valence electrons. The minimum atomic E-state index is -0.113. The van der Waals surface area contributed by atoms with E-state index in [0.29, 0.717) is 28.1 Å². The highest BCUT2D eigenvalue weighted by molar-refractivity contribution is 9.10. The normalized spacial score (nSPS) is 15.9. The number of halogens is 1. The molecule has 0 spiro atoms. The number of hydrogen-bond donors (Lipinski definition) is 0. The molecule has 0 N–H and O–H groups in total. The Balaban J connectivity index is 1.26. The van der Waals surface area contributed by atoms with Crippen LogP contribution in [-0.2, 0) is 11.3 Å². The topological polar surface area (TPSA) is 52.9 Å². The van der Waals surface area contributed by atoms with Crippen molar-refractivity contribution < 1.29 is 19.0 Å². The molecular weight excluding hydrogens is 560 g/mol. The molecule has 3 heterocycles. The second kappa shape index (κ2) is 9.65. The van der Waals surface area contributed by atoms with Crippen LogP contribution in [-0.4, -0.2) is 28.2 Å². The van der Waals surface area contributed by atoms with E-state index in [2.05, 4.69) is 38.8 Å². The van der Waals surface area contributed by atoms with Crippen LogP contribution in [0, 0.1) is 0 Å². The van der Waals surface area contributed by atoms with Crippen LogP contribution < -0.4 is 19.1 Å². The first kappa shape index (κ1) is 23.1. The molecule has 3 aromatic carbocycles. The highest BCUT2D eigenvalue weighted by atomic mass is 79.9. The third-order valence-corrected chi connectivity index (χ3v) is 7.71. The van der Waals surface area contributed by atoms with Crippen LogP contribution in [0.4, 0.5) is 5.69 Å². The number of ether oxygens (including phenoxy) is 3. The fraction of sp³-hybridized carbons (Fsp3) is 0.111.